The van der Waals surface area contributed by atoms with Crippen molar-refractivity contribution in [2.75, 3.05) is 7.11 Å². The zero-order valence-electron chi connectivity index (χ0n) is 7.93. The third-order valence-corrected chi connectivity index (χ3v) is 1.90. The van der Waals surface area contributed by atoms with Crippen LogP contribution in [-0.2, 0) is 16.0 Å². The van der Waals surface area contributed by atoms with Crippen LogP contribution in [0.3, 0.4) is 0 Å². The van der Waals surface area contributed by atoms with Crippen LogP contribution in [0.1, 0.15) is 5.56 Å². The van der Waals surface area contributed by atoms with Crippen LogP contribution < -0.4 is 5.73 Å². The third-order valence-electron chi connectivity index (χ3n) is 1.90. The van der Waals surface area contributed by atoms with Gasteiger partial charge in [0.2, 0.25) is 0 Å². The molecule has 0 aromatic heterocycles. The molecule has 0 aliphatic carbocycles. The largest absolute Gasteiger partial charge is 0.508 e. The molecule has 0 heterocycles. The van der Waals surface area contributed by atoms with Crippen molar-refractivity contribution in [2.24, 2.45) is 5.73 Å². The molecule has 4 nitrogen and oxygen atoms in total. The highest BCUT2D eigenvalue weighted by molar-refractivity contribution is 5.75. The van der Waals surface area contributed by atoms with Gasteiger partial charge in [0.05, 0.1) is 7.11 Å². The highest BCUT2D eigenvalue weighted by Crippen LogP contribution is 2.10. The van der Waals surface area contributed by atoms with Crippen LogP contribution in [0.25, 0.3) is 0 Å². The molecule has 0 bridgehead atoms. The summed E-state index contributed by atoms with van der Waals surface area (Å²) in [6.45, 7) is 0. The Morgan fingerprint density at radius 1 is 1.50 bits per heavy atom. The fourth-order valence-corrected chi connectivity index (χ4v) is 1.12. The lowest BCUT2D eigenvalue weighted by molar-refractivity contribution is -0.142. The number of hydrogen-bond acceptors (Lipinski definition) is 4. The molecule has 0 saturated heterocycles. The van der Waals surface area contributed by atoms with E-state index in [1.54, 1.807) is 24.3 Å². The SMILES string of the molecule is COC(=O)[C@@H](N)C[13c]1[13cH][13cH][13c](O)[13cH][13cH]1. The van der Waals surface area contributed by atoms with Crippen LogP contribution in [0.5, 0.6) is 5.75 Å². The molecule has 1 aromatic carbocycles. The number of nitrogens with two attached hydrogens (primary N) is 1. The maximum absolute atomic E-state index is 11.0. The number of ether oxygens (including phenoxy) is 1. The van der Waals surface area contributed by atoms with Crippen molar-refractivity contribution in [3.8, 4) is 5.75 Å². The molecule has 14 heavy (non-hydrogen) atoms. The lowest BCUT2D eigenvalue weighted by Gasteiger charge is -2.08. The van der Waals surface area contributed by atoms with Crippen molar-refractivity contribution in [1.29, 1.82) is 0 Å². The van der Waals surface area contributed by atoms with Crippen LogP contribution >= 0.6 is 0 Å². The molecule has 0 fully saturated rings. The first kappa shape index (κ1) is 10.5. The van der Waals surface area contributed by atoms with Gasteiger partial charge in [0.15, 0.2) is 0 Å². The fourth-order valence-electron chi connectivity index (χ4n) is 1.12. The summed E-state index contributed by atoms with van der Waals surface area (Å²) in [5.41, 5.74) is 6.45. The van der Waals surface area contributed by atoms with Gasteiger partial charge in [-0.2, -0.15) is 0 Å². The van der Waals surface area contributed by atoms with Crippen molar-refractivity contribution in [2.45, 2.75) is 12.5 Å². The highest BCUT2D eigenvalue weighted by atomic mass is 16.5. The Bertz CT molecular complexity index is 308. The first-order chi connectivity index (χ1) is 6.63. The number of phenols is 1. The van der Waals surface area contributed by atoms with E-state index in [2.05, 4.69) is 4.74 Å². The van der Waals surface area contributed by atoms with Gasteiger partial charge in [0.1, 0.15) is 11.8 Å². The lowest BCUT2D eigenvalue weighted by Crippen LogP contribution is -2.33. The smallest absolute Gasteiger partial charge is 0.322 e. The Hall–Kier alpha value is -1.55. The molecule has 0 aliphatic rings. The maximum Gasteiger partial charge on any atom is 0.322 e. The van der Waals surface area contributed by atoms with Gasteiger partial charge in [-0.3, -0.25) is 4.79 Å². The first-order valence-corrected chi connectivity index (χ1v) is 4.25. The topological polar surface area (TPSA) is 72.5 Å². The number of rotatable bonds is 3. The number of hydrogen-bond donors (Lipinski definition) is 2. The molecule has 0 saturated carbocycles. The number of aromatic hydroxyl groups is 1. The Labute approximate surface area is 82.3 Å². The fraction of sp³-hybridized carbons (Fsp3) is 0.300. The molecule has 1 aromatic rings. The molecule has 0 aliphatic heterocycles. The van der Waals surface area contributed by atoms with Gasteiger partial charge >= 0.3 is 5.97 Å². The molecule has 76 valence electrons. The van der Waals surface area contributed by atoms with Crippen LogP contribution in [0.4, 0.5) is 0 Å². The summed E-state index contributed by atoms with van der Waals surface area (Å²) in [7, 11) is 1.30. The number of methoxy groups -OCH3 is 1. The Kier molecular flexibility index (Phi) is 3.48. The van der Waals surface area contributed by atoms with Gasteiger partial charge in [-0.05, 0) is 24.1 Å². The Balaban J connectivity index is 2.60. The van der Waals surface area contributed by atoms with Crippen LogP contribution in [-0.4, -0.2) is 24.2 Å². The summed E-state index contributed by atoms with van der Waals surface area (Å²) >= 11 is 0. The van der Waals surface area contributed by atoms with E-state index >= 15 is 0 Å². The predicted molar refractivity (Wildman–Crippen MR) is 51.8 cm³/mol. The van der Waals surface area contributed by atoms with E-state index in [4.69, 9.17) is 10.8 Å². The summed E-state index contributed by atoms with van der Waals surface area (Å²) < 4.78 is 4.49. The quantitative estimate of drug-likeness (QED) is 0.696. The van der Waals surface area contributed by atoms with Crippen molar-refractivity contribution < 1.29 is 14.6 Å². The first-order valence-electron chi connectivity index (χ1n) is 4.25. The van der Waals surface area contributed by atoms with E-state index in [-0.39, 0.29) is 5.75 Å². The van der Waals surface area contributed by atoms with Crippen LogP contribution in [0.15, 0.2) is 24.3 Å². The van der Waals surface area contributed by atoms with E-state index in [1.807, 2.05) is 0 Å². The number of esters is 1. The van der Waals surface area contributed by atoms with Gasteiger partial charge < -0.3 is 15.6 Å². The second kappa shape index (κ2) is 4.62. The van der Waals surface area contributed by atoms with Gasteiger partial charge in [0, 0.05) is 0 Å². The van der Waals surface area contributed by atoms with E-state index in [0.717, 1.165) is 5.56 Å². The summed E-state index contributed by atoms with van der Waals surface area (Å²) in [6, 6.07) is 5.90. The van der Waals surface area contributed by atoms with E-state index in [9.17, 15) is 4.79 Å². The zero-order chi connectivity index (χ0) is 10.6. The maximum atomic E-state index is 11.0. The Morgan fingerprint density at radius 3 is 2.57 bits per heavy atom. The molecular weight excluding hydrogens is 188 g/mol. The molecule has 0 amide bonds. The second-order valence-electron chi connectivity index (χ2n) is 3.00. The molecule has 3 N–H and O–H groups in total. The molecule has 1 rings (SSSR count). The summed E-state index contributed by atoms with van der Waals surface area (Å²) in [5.74, 6) is -0.238. The second-order valence-corrected chi connectivity index (χ2v) is 3.00. The highest BCUT2D eigenvalue weighted by Gasteiger charge is 2.13. The predicted octanol–water partition coefficient (Wildman–Crippen LogP) is 0.435. The standard InChI is InChI=1S/C10H13NO3/c1-14-10(13)9(11)6-7-2-4-8(12)5-3-7/h2-5,9,12H,6,11H2,1H3/t9-/m0/s1/i2+1,3+1,4+1,5+1,7+1,8+1. The molecular formula is C10H13NO3. The normalized spacial score (nSPS) is 12.1. The van der Waals surface area contributed by atoms with Crippen LogP contribution in [0, 0.1) is 0 Å². The van der Waals surface area contributed by atoms with E-state index in [1.165, 1.54) is 7.11 Å². The van der Waals surface area contributed by atoms with Crippen molar-refractivity contribution in [1.82, 2.24) is 0 Å². The summed E-state index contributed by atoms with van der Waals surface area (Å²) in [6.07, 6.45) is 0.410. The zero-order valence-corrected chi connectivity index (χ0v) is 7.93. The molecule has 0 spiro atoms. The number of benzene rings is 1. The van der Waals surface area contributed by atoms with Crippen LogP contribution in [0.2, 0.25) is 0 Å². The summed E-state index contributed by atoms with van der Waals surface area (Å²) in [5, 5.41) is 9.02. The Morgan fingerprint density at radius 2 is 2.07 bits per heavy atom. The summed E-state index contributed by atoms with van der Waals surface area (Å²) in [4.78, 5) is 11.0. The van der Waals surface area contributed by atoms with E-state index in [0.29, 0.717) is 6.42 Å². The van der Waals surface area contributed by atoms with Gasteiger partial charge in [0.25, 0.3) is 0 Å². The van der Waals surface area contributed by atoms with Crippen molar-refractivity contribution in [3.63, 3.8) is 0 Å². The van der Waals surface area contributed by atoms with Gasteiger partial charge in [-0.1, -0.05) is 12.1 Å². The molecule has 1 atom stereocenters. The number of carbonyl (C=O) groups excluding carboxylic acids is 1. The average Bonchev–Trinajstić information content (AvgIpc) is 2.20. The molecule has 4 heteroatoms. The minimum absolute atomic E-state index is 0.195. The van der Waals surface area contributed by atoms with E-state index < -0.39 is 12.0 Å². The van der Waals surface area contributed by atoms with Gasteiger partial charge in [-0.25, -0.2) is 0 Å². The number of carbonyl (C=O) groups is 1. The van der Waals surface area contributed by atoms with Crippen molar-refractivity contribution >= 4 is 5.97 Å². The minimum Gasteiger partial charge on any atom is -0.508 e. The lowest BCUT2D eigenvalue weighted by atomic mass is 10.3. The minimum atomic E-state index is -0.649. The van der Waals surface area contributed by atoms with Crippen molar-refractivity contribution in [3.05, 3.63) is 29.8 Å². The number of phenolic OH excluding ortho intramolecular Hbond substituents is 1. The third kappa shape index (κ3) is 2.74. The molecule has 0 unspecified atom stereocenters. The molecule has 0 radical (unpaired) electrons. The average molecular weight is 201 g/mol. The van der Waals surface area contributed by atoms with Gasteiger partial charge in [-0.15, -0.1) is 0 Å². The monoisotopic (exact) mass is 201 g/mol.